The number of ether oxygens (including phenoxy) is 1. The molecule has 1 aromatic rings. The van der Waals surface area contributed by atoms with Crippen LogP contribution in [0.1, 0.15) is 38.2 Å². The van der Waals surface area contributed by atoms with Gasteiger partial charge in [-0.25, -0.2) is 9.78 Å². The second-order valence-electron chi connectivity index (χ2n) is 4.29. The summed E-state index contributed by atoms with van der Waals surface area (Å²) >= 11 is 1.43. The third kappa shape index (κ3) is 5.16. The Labute approximate surface area is 119 Å². The molecule has 0 fully saturated rings. The minimum Gasteiger partial charge on any atom is -0.461 e. The van der Waals surface area contributed by atoms with Gasteiger partial charge in [0.1, 0.15) is 0 Å². The molecule has 0 aliphatic carbocycles. The van der Waals surface area contributed by atoms with E-state index in [0.29, 0.717) is 18.3 Å². The number of carbonyl (C=O) groups is 1. The first-order valence-electron chi connectivity index (χ1n) is 6.72. The van der Waals surface area contributed by atoms with Crippen LogP contribution in [0.25, 0.3) is 0 Å². The molecule has 0 amide bonds. The summed E-state index contributed by atoms with van der Waals surface area (Å²) in [6.45, 7) is 11.6. The van der Waals surface area contributed by atoms with Gasteiger partial charge >= 0.3 is 5.97 Å². The van der Waals surface area contributed by atoms with Crippen molar-refractivity contribution in [2.45, 2.75) is 33.7 Å². The highest BCUT2D eigenvalue weighted by molar-refractivity contribution is 7.13. The van der Waals surface area contributed by atoms with Crippen molar-refractivity contribution in [1.82, 2.24) is 9.88 Å². The predicted molar refractivity (Wildman–Crippen MR) is 78.9 cm³/mol. The number of nitrogens with one attached hydrogen (secondary N) is 1. The van der Waals surface area contributed by atoms with E-state index in [0.717, 1.165) is 24.8 Å². The third-order valence-corrected chi connectivity index (χ3v) is 3.56. The smallest absolute Gasteiger partial charge is 0.357 e. The highest BCUT2D eigenvalue weighted by Gasteiger charge is 2.13. The fourth-order valence-electron chi connectivity index (χ4n) is 1.76. The summed E-state index contributed by atoms with van der Waals surface area (Å²) in [6, 6.07) is 0.293. The van der Waals surface area contributed by atoms with E-state index in [4.69, 9.17) is 4.74 Å². The Kier molecular flexibility index (Phi) is 6.80. The summed E-state index contributed by atoms with van der Waals surface area (Å²) in [4.78, 5) is 18.1. The molecule has 0 aromatic carbocycles. The third-order valence-electron chi connectivity index (χ3n) is 2.79. The fraction of sp³-hybridized carbons (Fsp3) is 0.692. The SMILES string of the molecule is CCOC(=O)c1csc(NC(C)CN(CC)CC)n1. The predicted octanol–water partition coefficient (Wildman–Crippen LogP) is 2.46. The van der Waals surface area contributed by atoms with Gasteiger partial charge in [-0.2, -0.15) is 0 Å². The van der Waals surface area contributed by atoms with E-state index in [1.54, 1.807) is 12.3 Å². The lowest BCUT2D eigenvalue weighted by Gasteiger charge is -2.23. The van der Waals surface area contributed by atoms with Gasteiger partial charge in [-0.3, -0.25) is 0 Å². The number of thiazole rings is 1. The summed E-state index contributed by atoms with van der Waals surface area (Å²) in [7, 11) is 0. The van der Waals surface area contributed by atoms with E-state index in [1.807, 2.05) is 0 Å². The summed E-state index contributed by atoms with van der Waals surface area (Å²) in [5.41, 5.74) is 0.379. The Morgan fingerprint density at radius 2 is 2.16 bits per heavy atom. The Hall–Kier alpha value is -1.14. The van der Waals surface area contributed by atoms with Gasteiger partial charge in [0.15, 0.2) is 10.8 Å². The van der Waals surface area contributed by atoms with Crippen LogP contribution in [0.2, 0.25) is 0 Å². The van der Waals surface area contributed by atoms with Crippen molar-refractivity contribution in [2.24, 2.45) is 0 Å². The van der Waals surface area contributed by atoms with Crippen LogP contribution < -0.4 is 5.32 Å². The van der Waals surface area contributed by atoms with Crippen LogP contribution in [-0.4, -0.2) is 48.1 Å². The van der Waals surface area contributed by atoms with Crippen LogP contribution in [0.4, 0.5) is 5.13 Å². The van der Waals surface area contributed by atoms with Gasteiger partial charge in [0, 0.05) is 18.0 Å². The van der Waals surface area contributed by atoms with E-state index in [1.165, 1.54) is 11.3 Å². The first-order chi connectivity index (χ1) is 9.10. The maximum atomic E-state index is 11.5. The summed E-state index contributed by atoms with van der Waals surface area (Å²) in [5, 5.41) is 5.81. The highest BCUT2D eigenvalue weighted by Crippen LogP contribution is 2.17. The summed E-state index contributed by atoms with van der Waals surface area (Å²) in [5.74, 6) is -0.358. The molecule has 0 saturated carbocycles. The fourth-order valence-corrected chi connectivity index (χ4v) is 2.56. The van der Waals surface area contributed by atoms with Gasteiger partial charge in [0.25, 0.3) is 0 Å². The first kappa shape index (κ1) is 15.9. The molecule has 1 rings (SSSR count). The van der Waals surface area contributed by atoms with Crippen molar-refractivity contribution in [2.75, 3.05) is 31.6 Å². The van der Waals surface area contributed by atoms with E-state index < -0.39 is 0 Å². The van der Waals surface area contributed by atoms with Crippen molar-refractivity contribution < 1.29 is 9.53 Å². The molecule has 0 bridgehead atoms. The molecule has 1 atom stereocenters. The van der Waals surface area contributed by atoms with Crippen LogP contribution in [0, 0.1) is 0 Å². The molecule has 1 unspecified atom stereocenters. The van der Waals surface area contributed by atoms with E-state index in [2.05, 4.69) is 36.0 Å². The van der Waals surface area contributed by atoms with Crippen molar-refractivity contribution in [3.8, 4) is 0 Å². The molecule has 0 radical (unpaired) electrons. The molecule has 6 heteroatoms. The van der Waals surface area contributed by atoms with Crippen LogP contribution in [0.5, 0.6) is 0 Å². The number of rotatable bonds is 8. The number of aromatic nitrogens is 1. The van der Waals surface area contributed by atoms with Crippen molar-refractivity contribution in [3.05, 3.63) is 11.1 Å². The second-order valence-corrected chi connectivity index (χ2v) is 5.15. The lowest BCUT2D eigenvalue weighted by molar-refractivity contribution is 0.0520. The van der Waals surface area contributed by atoms with Gasteiger partial charge in [-0.15, -0.1) is 11.3 Å². The van der Waals surface area contributed by atoms with Crippen molar-refractivity contribution >= 4 is 22.4 Å². The van der Waals surface area contributed by atoms with Gasteiger partial charge in [-0.05, 0) is 26.9 Å². The number of hydrogen-bond donors (Lipinski definition) is 1. The number of likely N-dealkylation sites (N-methyl/N-ethyl adjacent to an activating group) is 1. The molecule has 0 spiro atoms. The van der Waals surface area contributed by atoms with Crippen molar-refractivity contribution in [1.29, 1.82) is 0 Å². The summed E-state index contributed by atoms with van der Waals surface area (Å²) in [6.07, 6.45) is 0. The van der Waals surface area contributed by atoms with E-state index in [9.17, 15) is 4.79 Å². The Morgan fingerprint density at radius 1 is 1.47 bits per heavy atom. The molecule has 5 nitrogen and oxygen atoms in total. The lowest BCUT2D eigenvalue weighted by Crippen LogP contribution is -2.34. The number of esters is 1. The number of anilines is 1. The standard InChI is InChI=1S/C13H23N3O2S/c1-5-16(6-2)8-10(4)14-13-15-11(9-19-13)12(17)18-7-3/h9-10H,5-8H2,1-4H3,(H,14,15). The molecule has 1 aromatic heterocycles. The Bertz CT molecular complexity index is 391. The van der Waals surface area contributed by atoms with E-state index >= 15 is 0 Å². The molecule has 1 N–H and O–H groups in total. The first-order valence-corrected chi connectivity index (χ1v) is 7.60. The molecule has 0 aliphatic heterocycles. The Morgan fingerprint density at radius 3 is 2.74 bits per heavy atom. The minimum atomic E-state index is -0.358. The Balaban J connectivity index is 2.51. The van der Waals surface area contributed by atoms with Crippen LogP contribution >= 0.6 is 11.3 Å². The molecule has 19 heavy (non-hydrogen) atoms. The monoisotopic (exact) mass is 285 g/mol. The molecule has 1 heterocycles. The molecule has 108 valence electrons. The minimum absolute atomic E-state index is 0.293. The molecule has 0 aliphatic rings. The lowest BCUT2D eigenvalue weighted by atomic mass is 10.3. The topological polar surface area (TPSA) is 54.5 Å². The van der Waals surface area contributed by atoms with Gasteiger partial charge in [0.2, 0.25) is 0 Å². The quantitative estimate of drug-likeness (QED) is 0.744. The number of nitrogens with zero attached hydrogens (tertiary/aromatic N) is 2. The summed E-state index contributed by atoms with van der Waals surface area (Å²) < 4.78 is 4.91. The van der Waals surface area contributed by atoms with Crippen LogP contribution in [0.15, 0.2) is 5.38 Å². The largest absolute Gasteiger partial charge is 0.461 e. The number of hydrogen-bond acceptors (Lipinski definition) is 6. The molecular weight excluding hydrogens is 262 g/mol. The average molecular weight is 285 g/mol. The van der Waals surface area contributed by atoms with Crippen molar-refractivity contribution in [3.63, 3.8) is 0 Å². The van der Waals surface area contributed by atoms with Gasteiger partial charge < -0.3 is 15.0 Å². The number of carbonyl (C=O) groups excluding carboxylic acids is 1. The molecule has 0 saturated heterocycles. The average Bonchev–Trinajstić information content (AvgIpc) is 2.84. The zero-order chi connectivity index (χ0) is 14.3. The maximum Gasteiger partial charge on any atom is 0.357 e. The molecular formula is C13H23N3O2S. The van der Waals surface area contributed by atoms with E-state index in [-0.39, 0.29) is 5.97 Å². The van der Waals surface area contributed by atoms with Gasteiger partial charge in [0.05, 0.1) is 6.61 Å². The zero-order valence-electron chi connectivity index (χ0n) is 12.1. The highest BCUT2D eigenvalue weighted by atomic mass is 32.1. The maximum absolute atomic E-state index is 11.5. The van der Waals surface area contributed by atoms with Crippen LogP contribution in [0.3, 0.4) is 0 Å². The van der Waals surface area contributed by atoms with Gasteiger partial charge in [-0.1, -0.05) is 13.8 Å². The van der Waals surface area contributed by atoms with Crippen LogP contribution in [-0.2, 0) is 4.74 Å². The normalized spacial score (nSPS) is 12.5. The second kappa shape index (κ2) is 8.12. The zero-order valence-corrected chi connectivity index (χ0v) is 12.9.